The summed E-state index contributed by atoms with van der Waals surface area (Å²) in [7, 11) is 0. The van der Waals surface area contributed by atoms with E-state index < -0.39 is 22.7 Å². The van der Waals surface area contributed by atoms with Gasteiger partial charge in [-0.1, -0.05) is 6.07 Å². The van der Waals surface area contributed by atoms with Crippen LogP contribution in [0.4, 0.5) is 17.6 Å². The minimum atomic E-state index is -4.54. The molecule has 0 unspecified atom stereocenters. The van der Waals surface area contributed by atoms with Crippen LogP contribution in [0.2, 0.25) is 0 Å². The highest BCUT2D eigenvalue weighted by molar-refractivity contribution is 6.34. The molecule has 1 aromatic rings. The number of aromatic nitrogens is 1. The number of hydrogen-bond donors (Lipinski definition) is 0. The van der Waals surface area contributed by atoms with E-state index in [1.165, 1.54) is 0 Å². The maximum absolute atomic E-state index is 11.7. The normalized spacial score (nSPS) is 11.1. The first-order valence-corrected chi connectivity index (χ1v) is 5.06. The molecule has 0 aliphatic heterocycles. The molecule has 0 bridgehead atoms. The van der Waals surface area contributed by atoms with Gasteiger partial charge in [0, 0.05) is 12.4 Å². The first kappa shape index (κ1) is 17.6. The quantitative estimate of drug-likeness (QED) is 0.364. The van der Waals surface area contributed by atoms with Crippen LogP contribution in [0, 0.1) is 0 Å². The minimum absolute atomic E-state index is 1.75. The lowest BCUT2D eigenvalue weighted by molar-refractivity contribution is -0.180. The minimum Gasteiger partial charge on any atom is -0.382 e. The molecule has 0 N–H and O–H groups in total. The summed E-state index contributed by atoms with van der Waals surface area (Å²) in [4.78, 5) is 23.8. The first-order valence-electron chi connectivity index (χ1n) is 4.30. The molecular formula is C9H5Cl2F4NO3. The van der Waals surface area contributed by atoms with Crippen molar-refractivity contribution in [2.45, 2.75) is 10.8 Å². The highest BCUT2D eigenvalue weighted by atomic mass is 35.5. The molecule has 0 radical (unpaired) electrons. The topological polar surface area (TPSA) is 56.3 Å². The summed E-state index contributed by atoms with van der Waals surface area (Å²) >= 11 is 8.06. The van der Waals surface area contributed by atoms with E-state index in [9.17, 15) is 27.2 Å². The lowest BCUT2D eigenvalue weighted by Crippen LogP contribution is -2.33. The number of ether oxygens (including phenoxy) is 1. The molecule has 4 nitrogen and oxygen atoms in total. The van der Waals surface area contributed by atoms with E-state index in [4.69, 9.17) is 0 Å². The van der Waals surface area contributed by atoms with Gasteiger partial charge in [-0.05, 0) is 35.3 Å². The van der Waals surface area contributed by atoms with E-state index >= 15 is 0 Å². The molecule has 0 aliphatic rings. The Bertz CT molecular complexity index is 369. The largest absolute Gasteiger partial charge is 0.418 e. The maximum atomic E-state index is 11.7. The van der Waals surface area contributed by atoms with E-state index in [2.05, 4.69) is 32.9 Å². The van der Waals surface area contributed by atoms with E-state index in [0.29, 0.717) is 0 Å². The number of nitrogens with zero attached hydrogens (tertiary/aromatic N) is 1. The second kappa shape index (κ2) is 7.25. The smallest absolute Gasteiger partial charge is 0.382 e. The van der Waals surface area contributed by atoms with E-state index in [0.717, 1.165) is 0 Å². The summed E-state index contributed by atoms with van der Waals surface area (Å²) in [5, 5.41) is -9.09. The van der Waals surface area contributed by atoms with Crippen molar-refractivity contribution in [1.29, 1.82) is 0 Å². The molecule has 0 atom stereocenters. The van der Waals surface area contributed by atoms with Crippen molar-refractivity contribution in [2.24, 2.45) is 0 Å². The predicted molar refractivity (Wildman–Crippen MR) is 56.9 cm³/mol. The summed E-state index contributed by atoms with van der Waals surface area (Å²) in [6.45, 7) is 0. The van der Waals surface area contributed by atoms with Gasteiger partial charge in [-0.3, -0.25) is 4.98 Å². The van der Waals surface area contributed by atoms with Crippen LogP contribution in [0.1, 0.15) is 0 Å². The molecular weight excluding hydrogens is 317 g/mol. The fraction of sp³-hybridized carbons (Fsp3) is 0.222. The molecule has 0 amide bonds. The van der Waals surface area contributed by atoms with Gasteiger partial charge in [-0.15, -0.1) is 0 Å². The van der Waals surface area contributed by atoms with Crippen LogP contribution in [0.5, 0.6) is 0 Å². The molecule has 0 fully saturated rings. The third kappa shape index (κ3) is 8.33. The monoisotopic (exact) mass is 321 g/mol. The van der Waals surface area contributed by atoms with Crippen LogP contribution in [0.3, 0.4) is 0 Å². The number of hydrogen-bond acceptors (Lipinski definition) is 4. The molecule has 10 heteroatoms. The first-order chi connectivity index (χ1) is 8.55. The van der Waals surface area contributed by atoms with Crippen LogP contribution in [0.25, 0.3) is 0 Å². The van der Waals surface area contributed by atoms with Gasteiger partial charge in [0.05, 0.1) is 0 Å². The van der Waals surface area contributed by atoms with E-state index in [1.807, 2.05) is 18.2 Å². The molecule has 1 rings (SSSR count). The number of halogens is 6. The second-order valence-corrected chi connectivity index (χ2v) is 3.65. The summed E-state index contributed by atoms with van der Waals surface area (Å²) in [5.41, 5.74) is 0. The third-order valence-electron chi connectivity index (χ3n) is 1.21. The Morgan fingerprint density at radius 2 is 1.26 bits per heavy atom. The molecule has 106 valence electrons. The van der Waals surface area contributed by atoms with Gasteiger partial charge in [0.1, 0.15) is 0 Å². The van der Waals surface area contributed by atoms with E-state index in [1.54, 1.807) is 12.4 Å². The van der Waals surface area contributed by atoms with Crippen LogP contribution in [0.15, 0.2) is 30.6 Å². The summed E-state index contributed by atoms with van der Waals surface area (Å²) in [5.74, 6) is -5.22. The van der Waals surface area contributed by atoms with E-state index in [-0.39, 0.29) is 0 Å². The van der Waals surface area contributed by atoms with Crippen LogP contribution < -0.4 is 0 Å². The van der Waals surface area contributed by atoms with Gasteiger partial charge >= 0.3 is 22.7 Å². The Kier molecular flexibility index (Phi) is 6.71. The standard InChI is InChI=1S/C5H5N.C4Cl2F4O3/c1-2-4-6-5-3-1;5-3(7,8)1(11)13-2(12)4(6,9)10/h1-5H;. The molecule has 0 saturated heterocycles. The van der Waals surface area contributed by atoms with Crippen LogP contribution >= 0.6 is 23.2 Å². The Balaban J connectivity index is 0.000000443. The van der Waals surface area contributed by atoms with Crippen LogP contribution in [-0.2, 0) is 14.3 Å². The van der Waals surface area contributed by atoms with Crippen molar-refractivity contribution in [2.75, 3.05) is 0 Å². The fourth-order valence-electron chi connectivity index (χ4n) is 0.513. The zero-order valence-electron chi connectivity index (χ0n) is 8.83. The number of esters is 2. The zero-order valence-corrected chi connectivity index (χ0v) is 10.3. The third-order valence-corrected chi connectivity index (χ3v) is 1.52. The maximum Gasteiger partial charge on any atom is 0.418 e. The summed E-state index contributed by atoms with van der Waals surface area (Å²) in [6.07, 6.45) is 3.50. The molecule has 0 saturated carbocycles. The van der Waals surface area contributed by atoms with Gasteiger partial charge in [-0.25, -0.2) is 9.59 Å². The van der Waals surface area contributed by atoms with Crippen LogP contribution in [-0.4, -0.2) is 27.7 Å². The van der Waals surface area contributed by atoms with Crippen molar-refractivity contribution >= 4 is 35.1 Å². The molecule has 0 aromatic carbocycles. The Labute approximate surface area is 114 Å². The molecule has 0 spiro atoms. The second-order valence-electron chi connectivity index (χ2n) is 2.70. The Morgan fingerprint density at radius 1 is 0.895 bits per heavy atom. The molecule has 1 heterocycles. The van der Waals surface area contributed by atoms with Gasteiger partial charge in [0.15, 0.2) is 0 Å². The highest BCUT2D eigenvalue weighted by Crippen LogP contribution is 2.25. The Hall–Kier alpha value is -1.41. The average molecular weight is 322 g/mol. The Morgan fingerprint density at radius 3 is 1.42 bits per heavy atom. The number of alkyl halides is 6. The number of carbonyl (C=O) groups is 2. The molecule has 19 heavy (non-hydrogen) atoms. The number of rotatable bonds is 2. The van der Waals surface area contributed by atoms with Crippen molar-refractivity contribution in [3.05, 3.63) is 30.6 Å². The number of pyridine rings is 1. The average Bonchev–Trinajstić information content (AvgIpc) is 2.29. The molecule has 1 aromatic heterocycles. The summed E-state index contributed by atoms with van der Waals surface area (Å²) in [6, 6.07) is 5.72. The lowest BCUT2D eigenvalue weighted by Gasteiger charge is -2.08. The lowest BCUT2D eigenvalue weighted by atomic mass is 10.5. The number of carbonyl (C=O) groups excluding carboxylic acids is 2. The predicted octanol–water partition coefficient (Wildman–Crippen LogP) is 2.80. The van der Waals surface area contributed by atoms with Crippen molar-refractivity contribution < 1.29 is 31.9 Å². The van der Waals surface area contributed by atoms with Gasteiger partial charge in [0.25, 0.3) is 0 Å². The molecule has 0 aliphatic carbocycles. The van der Waals surface area contributed by atoms with Gasteiger partial charge in [0.2, 0.25) is 0 Å². The van der Waals surface area contributed by atoms with Gasteiger partial charge < -0.3 is 4.74 Å². The van der Waals surface area contributed by atoms with Gasteiger partial charge in [-0.2, -0.15) is 17.6 Å². The zero-order chi connectivity index (χ0) is 15.1. The van der Waals surface area contributed by atoms with Crippen molar-refractivity contribution in [3.8, 4) is 0 Å². The van der Waals surface area contributed by atoms with Crippen molar-refractivity contribution in [1.82, 2.24) is 4.98 Å². The fourth-order valence-corrected chi connectivity index (χ4v) is 0.590. The highest BCUT2D eigenvalue weighted by Gasteiger charge is 2.46. The summed E-state index contributed by atoms with van der Waals surface area (Å²) < 4.78 is 49.8. The SMILES string of the molecule is O=C(OC(=O)C(F)(F)Cl)C(F)(F)Cl.c1ccncc1. The van der Waals surface area contributed by atoms with Crippen molar-refractivity contribution in [3.63, 3.8) is 0 Å².